The van der Waals surface area contributed by atoms with Gasteiger partial charge in [0.25, 0.3) is 5.56 Å². The number of piperidine rings is 1. The highest BCUT2D eigenvalue weighted by Crippen LogP contribution is 2.28. The van der Waals surface area contributed by atoms with Gasteiger partial charge in [-0.2, -0.15) is 0 Å². The molecule has 31 heavy (non-hydrogen) atoms. The van der Waals surface area contributed by atoms with Crippen molar-refractivity contribution in [3.8, 4) is 11.4 Å². The number of likely N-dealkylation sites (tertiary alicyclic amines) is 1. The highest BCUT2D eigenvalue weighted by Gasteiger charge is 2.27. The average Bonchev–Trinajstić information content (AvgIpc) is 3.30. The van der Waals surface area contributed by atoms with Gasteiger partial charge in [0, 0.05) is 24.2 Å². The molecule has 5 rings (SSSR count). The van der Waals surface area contributed by atoms with E-state index in [4.69, 9.17) is 16.3 Å². The Labute approximate surface area is 187 Å². The first-order chi connectivity index (χ1) is 15.1. The number of hydrogen-bond donors (Lipinski definition) is 0. The summed E-state index contributed by atoms with van der Waals surface area (Å²) in [6.07, 6.45) is 7.92. The van der Waals surface area contributed by atoms with Crippen LogP contribution < -0.4 is 10.3 Å². The van der Waals surface area contributed by atoms with Crippen LogP contribution in [0.4, 0.5) is 0 Å². The minimum atomic E-state index is -0.0906. The first-order valence-electron chi connectivity index (χ1n) is 11.3. The lowest BCUT2D eigenvalue weighted by Gasteiger charge is -2.36. The molecule has 0 spiro atoms. The SMILES string of the molecule is Cc1nc2cc(Cl)ccc2c(=O)n1-c1ccc(OC2CCN(C3CCCC3)CC2)cc1. The highest BCUT2D eigenvalue weighted by molar-refractivity contribution is 6.31. The summed E-state index contributed by atoms with van der Waals surface area (Å²) in [5, 5.41) is 1.14. The molecule has 2 fully saturated rings. The fraction of sp³-hybridized carbons (Fsp3) is 0.440. The molecule has 0 unspecified atom stereocenters. The van der Waals surface area contributed by atoms with Crippen molar-refractivity contribution in [3.63, 3.8) is 0 Å². The minimum Gasteiger partial charge on any atom is -0.490 e. The van der Waals surface area contributed by atoms with Gasteiger partial charge in [-0.15, -0.1) is 0 Å². The van der Waals surface area contributed by atoms with Crippen molar-refractivity contribution >= 4 is 22.5 Å². The van der Waals surface area contributed by atoms with E-state index < -0.39 is 0 Å². The number of ether oxygens (including phenoxy) is 1. The summed E-state index contributed by atoms with van der Waals surface area (Å²) in [5.41, 5.74) is 1.32. The predicted octanol–water partition coefficient (Wildman–Crippen LogP) is 5.13. The lowest BCUT2D eigenvalue weighted by atomic mass is 10.0. The first-order valence-corrected chi connectivity index (χ1v) is 11.7. The second-order valence-electron chi connectivity index (χ2n) is 8.75. The lowest BCUT2D eigenvalue weighted by molar-refractivity contribution is 0.0768. The van der Waals surface area contributed by atoms with Crippen LogP contribution in [0.5, 0.6) is 5.75 Å². The normalized spacial score (nSPS) is 18.6. The number of rotatable bonds is 4. The third-order valence-corrected chi connectivity index (χ3v) is 6.95. The molecule has 2 heterocycles. The van der Waals surface area contributed by atoms with Gasteiger partial charge in [-0.05, 0) is 75.1 Å². The Kier molecular flexibility index (Phi) is 5.72. The standard InChI is InChI=1S/C25H28ClN3O2/c1-17-27-24-16-18(26)6-11-23(24)25(30)29(17)20-7-9-21(10-8-20)31-22-12-14-28(15-13-22)19-4-2-3-5-19/h6-11,16,19,22H,2-5,12-15H2,1H3. The fourth-order valence-corrected chi connectivity index (χ4v) is 5.23. The molecule has 0 radical (unpaired) electrons. The quantitative estimate of drug-likeness (QED) is 0.567. The topological polar surface area (TPSA) is 47.4 Å². The Bertz CT molecular complexity index is 1130. The summed E-state index contributed by atoms with van der Waals surface area (Å²) in [5.74, 6) is 1.49. The van der Waals surface area contributed by atoms with Gasteiger partial charge in [-0.25, -0.2) is 4.98 Å². The Morgan fingerprint density at radius 3 is 2.42 bits per heavy atom. The van der Waals surface area contributed by atoms with E-state index in [2.05, 4.69) is 9.88 Å². The molecule has 1 aromatic heterocycles. The van der Waals surface area contributed by atoms with Crippen molar-refractivity contribution in [2.75, 3.05) is 13.1 Å². The Morgan fingerprint density at radius 2 is 1.71 bits per heavy atom. The van der Waals surface area contributed by atoms with Crippen molar-refractivity contribution < 1.29 is 4.74 Å². The number of benzene rings is 2. The molecular formula is C25H28ClN3O2. The third kappa shape index (κ3) is 4.21. The van der Waals surface area contributed by atoms with Gasteiger partial charge < -0.3 is 9.64 Å². The van der Waals surface area contributed by atoms with E-state index >= 15 is 0 Å². The second-order valence-corrected chi connectivity index (χ2v) is 9.18. The molecule has 5 nitrogen and oxygen atoms in total. The largest absolute Gasteiger partial charge is 0.490 e. The maximum Gasteiger partial charge on any atom is 0.265 e. The van der Waals surface area contributed by atoms with E-state index in [1.807, 2.05) is 31.2 Å². The predicted molar refractivity (Wildman–Crippen MR) is 125 cm³/mol. The van der Waals surface area contributed by atoms with Crippen LogP contribution in [-0.2, 0) is 0 Å². The van der Waals surface area contributed by atoms with Crippen molar-refractivity contribution in [1.29, 1.82) is 0 Å². The van der Waals surface area contributed by atoms with E-state index in [9.17, 15) is 4.79 Å². The molecule has 1 aliphatic carbocycles. The Morgan fingerprint density at radius 1 is 1.00 bits per heavy atom. The third-order valence-electron chi connectivity index (χ3n) is 6.71. The number of aromatic nitrogens is 2. The molecule has 1 saturated heterocycles. The number of hydrogen-bond acceptors (Lipinski definition) is 4. The molecule has 3 aromatic rings. The van der Waals surface area contributed by atoms with E-state index in [-0.39, 0.29) is 11.7 Å². The zero-order chi connectivity index (χ0) is 21.4. The number of aryl methyl sites for hydroxylation is 1. The number of halogens is 1. The number of nitrogens with zero attached hydrogens (tertiary/aromatic N) is 3. The van der Waals surface area contributed by atoms with Gasteiger partial charge in [0.05, 0.1) is 16.6 Å². The van der Waals surface area contributed by atoms with E-state index in [1.165, 1.54) is 25.7 Å². The summed E-state index contributed by atoms with van der Waals surface area (Å²) in [6, 6.07) is 13.8. The van der Waals surface area contributed by atoms with Crippen LogP contribution in [0.15, 0.2) is 47.3 Å². The highest BCUT2D eigenvalue weighted by atomic mass is 35.5. The van der Waals surface area contributed by atoms with Crippen LogP contribution in [0.2, 0.25) is 5.02 Å². The molecule has 0 N–H and O–H groups in total. The van der Waals surface area contributed by atoms with Crippen molar-refractivity contribution in [2.24, 2.45) is 0 Å². The zero-order valence-electron chi connectivity index (χ0n) is 17.9. The first kappa shape index (κ1) is 20.5. The Hall–Kier alpha value is -2.37. The van der Waals surface area contributed by atoms with Crippen molar-refractivity contribution in [3.05, 3.63) is 63.7 Å². The molecular weight excluding hydrogens is 410 g/mol. The summed E-state index contributed by atoms with van der Waals surface area (Å²) in [7, 11) is 0. The van der Waals surface area contributed by atoms with E-state index in [0.29, 0.717) is 21.7 Å². The van der Waals surface area contributed by atoms with Crippen LogP contribution in [0.1, 0.15) is 44.3 Å². The van der Waals surface area contributed by atoms with Gasteiger partial charge in [0.15, 0.2) is 0 Å². The molecule has 0 amide bonds. The van der Waals surface area contributed by atoms with Gasteiger partial charge in [-0.3, -0.25) is 9.36 Å². The molecule has 0 bridgehead atoms. The van der Waals surface area contributed by atoms with Crippen LogP contribution in [-0.4, -0.2) is 39.7 Å². The Balaban J connectivity index is 1.29. The van der Waals surface area contributed by atoms with Crippen molar-refractivity contribution in [1.82, 2.24) is 14.5 Å². The zero-order valence-corrected chi connectivity index (χ0v) is 18.6. The molecule has 1 saturated carbocycles. The second kappa shape index (κ2) is 8.64. The summed E-state index contributed by atoms with van der Waals surface area (Å²) in [4.78, 5) is 20.3. The monoisotopic (exact) mass is 437 g/mol. The molecule has 6 heteroatoms. The molecule has 2 aromatic carbocycles. The summed E-state index contributed by atoms with van der Waals surface area (Å²) >= 11 is 6.05. The van der Waals surface area contributed by atoms with Gasteiger partial charge in [0.2, 0.25) is 0 Å². The van der Waals surface area contributed by atoms with Gasteiger partial charge >= 0.3 is 0 Å². The lowest BCUT2D eigenvalue weighted by Crippen LogP contribution is -2.43. The molecule has 162 valence electrons. The molecule has 1 aliphatic heterocycles. The van der Waals surface area contributed by atoms with Gasteiger partial charge in [-0.1, -0.05) is 24.4 Å². The van der Waals surface area contributed by atoms with Crippen LogP contribution in [0, 0.1) is 6.92 Å². The summed E-state index contributed by atoms with van der Waals surface area (Å²) in [6.45, 7) is 4.11. The van der Waals surface area contributed by atoms with Crippen LogP contribution in [0.25, 0.3) is 16.6 Å². The molecule has 2 aliphatic rings. The number of fused-ring (bicyclic) bond motifs is 1. The maximum atomic E-state index is 13.0. The van der Waals surface area contributed by atoms with Crippen LogP contribution in [0.3, 0.4) is 0 Å². The molecule has 0 atom stereocenters. The van der Waals surface area contributed by atoms with Gasteiger partial charge in [0.1, 0.15) is 17.7 Å². The fourth-order valence-electron chi connectivity index (χ4n) is 5.07. The van der Waals surface area contributed by atoms with Crippen LogP contribution >= 0.6 is 11.6 Å². The average molecular weight is 438 g/mol. The maximum absolute atomic E-state index is 13.0. The minimum absolute atomic E-state index is 0.0906. The van der Waals surface area contributed by atoms with Crippen molar-refractivity contribution in [2.45, 2.75) is 57.6 Å². The smallest absolute Gasteiger partial charge is 0.265 e. The van der Waals surface area contributed by atoms with E-state index in [0.717, 1.165) is 43.4 Å². The summed E-state index contributed by atoms with van der Waals surface area (Å²) < 4.78 is 7.90. The van der Waals surface area contributed by atoms with E-state index in [1.54, 1.807) is 22.8 Å².